The molecule has 0 aliphatic heterocycles. The highest BCUT2D eigenvalue weighted by Gasteiger charge is 2.14. The minimum absolute atomic E-state index is 0.0232. The molecule has 0 saturated carbocycles. The molecule has 0 radical (unpaired) electrons. The van der Waals surface area contributed by atoms with E-state index in [-0.39, 0.29) is 17.4 Å². The highest BCUT2D eigenvalue weighted by atomic mass is 19.3. The van der Waals surface area contributed by atoms with Crippen LogP contribution in [0.15, 0.2) is 48.5 Å². The number of halogens is 2. The van der Waals surface area contributed by atoms with E-state index in [1.54, 1.807) is 24.3 Å². The zero-order chi connectivity index (χ0) is 22.6. The molecule has 31 heavy (non-hydrogen) atoms. The molecule has 0 aliphatic rings. The SMILES string of the molecule is CC(C)OCCCNC(=O)COC(=O)c1ccccc1Nc1ccc(OC(F)F)cc1. The van der Waals surface area contributed by atoms with Crippen LogP contribution in [0.4, 0.5) is 20.2 Å². The van der Waals surface area contributed by atoms with Gasteiger partial charge in [0.05, 0.1) is 17.4 Å². The van der Waals surface area contributed by atoms with E-state index in [0.717, 1.165) is 0 Å². The maximum absolute atomic E-state index is 12.4. The fourth-order valence-electron chi connectivity index (χ4n) is 2.52. The Morgan fingerprint density at radius 2 is 1.74 bits per heavy atom. The highest BCUT2D eigenvalue weighted by molar-refractivity contribution is 5.97. The topological polar surface area (TPSA) is 85.9 Å². The largest absolute Gasteiger partial charge is 0.452 e. The number of ether oxygens (including phenoxy) is 3. The number of hydrogen-bond acceptors (Lipinski definition) is 6. The van der Waals surface area contributed by atoms with Crippen molar-refractivity contribution in [2.75, 3.05) is 25.1 Å². The maximum atomic E-state index is 12.4. The van der Waals surface area contributed by atoms with Crippen molar-refractivity contribution in [2.24, 2.45) is 0 Å². The second-order valence-electron chi connectivity index (χ2n) is 6.77. The van der Waals surface area contributed by atoms with Crippen molar-refractivity contribution >= 4 is 23.3 Å². The fraction of sp³-hybridized carbons (Fsp3) is 0.364. The molecular weight excluding hydrogens is 410 g/mol. The van der Waals surface area contributed by atoms with Gasteiger partial charge in [0.15, 0.2) is 6.61 Å². The molecule has 0 saturated heterocycles. The van der Waals surface area contributed by atoms with Gasteiger partial charge in [-0.3, -0.25) is 4.79 Å². The summed E-state index contributed by atoms with van der Waals surface area (Å²) < 4.78 is 39.3. The molecule has 0 unspecified atom stereocenters. The van der Waals surface area contributed by atoms with E-state index in [2.05, 4.69) is 15.4 Å². The predicted octanol–water partition coefficient (Wildman–Crippen LogP) is 4.12. The summed E-state index contributed by atoms with van der Waals surface area (Å²) in [6, 6.07) is 12.4. The monoisotopic (exact) mass is 436 g/mol. The summed E-state index contributed by atoms with van der Waals surface area (Å²) in [5.74, 6) is -1.05. The highest BCUT2D eigenvalue weighted by Crippen LogP contribution is 2.24. The first-order chi connectivity index (χ1) is 14.8. The van der Waals surface area contributed by atoms with Crippen LogP contribution in [0.1, 0.15) is 30.6 Å². The van der Waals surface area contributed by atoms with Crippen LogP contribution >= 0.6 is 0 Å². The number of carbonyl (C=O) groups excluding carboxylic acids is 2. The van der Waals surface area contributed by atoms with Crippen LogP contribution in [-0.2, 0) is 14.3 Å². The van der Waals surface area contributed by atoms with E-state index in [1.807, 2.05) is 13.8 Å². The molecule has 7 nitrogen and oxygen atoms in total. The van der Waals surface area contributed by atoms with Crippen LogP contribution in [0.2, 0.25) is 0 Å². The van der Waals surface area contributed by atoms with Crippen molar-refractivity contribution in [2.45, 2.75) is 33.0 Å². The van der Waals surface area contributed by atoms with Gasteiger partial charge in [0.1, 0.15) is 5.75 Å². The minimum atomic E-state index is -2.90. The first-order valence-electron chi connectivity index (χ1n) is 9.81. The molecule has 2 rings (SSSR count). The fourth-order valence-corrected chi connectivity index (χ4v) is 2.52. The van der Waals surface area contributed by atoms with Gasteiger partial charge in [0.2, 0.25) is 0 Å². The molecule has 2 N–H and O–H groups in total. The average Bonchev–Trinajstić information content (AvgIpc) is 2.73. The second-order valence-corrected chi connectivity index (χ2v) is 6.77. The molecule has 2 aromatic rings. The molecule has 0 heterocycles. The van der Waals surface area contributed by atoms with E-state index < -0.39 is 25.1 Å². The van der Waals surface area contributed by atoms with E-state index in [9.17, 15) is 18.4 Å². The van der Waals surface area contributed by atoms with Crippen molar-refractivity contribution in [3.8, 4) is 5.75 Å². The summed E-state index contributed by atoms with van der Waals surface area (Å²) in [6.45, 7) is 1.51. The van der Waals surface area contributed by atoms with Gasteiger partial charge in [-0.05, 0) is 56.7 Å². The summed E-state index contributed by atoms with van der Waals surface area (Å²) in [7, 11) is 0. The van der Waals surface area contributed by atoms with Gasteiger partial charge in [-0.2, -0.15) is 8.78 Å². The Bertz CT molecular complexity index is 844. The van der Waals surface area contributed by atoms with Crippen LogP contribution < -0.4 is 15.4 Å². The zero-order valence-corrected chi connectivity index (χ0v) is 17.4. The van der Waals surface area contributed by atoms with Crippen molar-refractivity contribution in [1.29, 1.82) is 0 Å². The number of para-hydroxylation sites is 1. The number of carbonyl (C=O) groups is 2. The van der Waals surface area contributed by atoms with Gasteiger partial charge >= 0.3 is 12.6 Å². The number of alkyl halides is 2. The number of hydrogen-bond donors (Lipinski definition) is 2. The Morgan fingerprint density at radius 3 is 2.42 bits per heavy atom. The van der Waals surface area contributed by atoms with E-state index in [4.69, 9.17) is 9.47 Å². The minimum Gasteiger partial charge on any atom is -0.452 e. The zero-order valence-electron chi connectivity index (χ0n) is 17.4. The van der Waals surface area contributed by atoms with E-state index >= 15 is 0 Å². The molecule has 0 atom stereocenters. The van der Waals surface area contributed by atoms with Gasteiger partial charge in [-0.1, -0.05) is 12.1 Å². The Labute approximate surface area is 179 Å². The molecule has 0 fully saturated rings. The Hall–Kier alpha value is -3.20. The van der Waals surface area contributed by atoms with Crippen LogP contribution in [0.3, 0.4) is 0 Å². The first kappa shape index (κ1) is 24.1. The number of anilines is 2. The van der Waals surface area contributed by atoms with Crippen molar-refractivity contribution < 1.29 is 32.6 Å². The number of benzene rings is 2. The molecule has 2 aromatic carbocycles. The van der Waals surface area contributed by atoms with Crippen molar-refractivity contribution in [3.05, 3.63) is 54.1 Å². The molecular formula is C22H26F2N2O5. The van der Waals surface area contributed by atoms with Gasteiger partial charge in [0.25, 0.3) is 5.91 Å². The quantitative estimate of drug-likeness (QED) is 0.385. The third kappa shape index (κ3) is 9.00. The van der Waals surface area contributed by atoms with Gasteiger partial charge in [0, 0.05) is 18.8 Å². The lowest BCUT2D eigenvalue weighted by molar-refractivity contribution is -0.124. The standard InChI is InChI=1S/C22H26F2N2O5/c1-15(2)29-13-5-12-25-20(27)14-30-21(28)18-6-3-4-7-19(18)26-16-8-10-17(11-9-16)31-22(23)24/h3-4,6-11,15,22,26H,5,12-14H2,1-2H3,(H,25,27). The molecule has 0 spiro atoms. The summed E-state index contributed by atoms with van der Waals surface area (Å²) in [5.41, 5.74) is 1.23. The van der Waals surface area contributed by atoms with E-state index in [0.29, 0.717) is 30.9 Å². The third-order valence-corrected chi connectivity index (χ3v) is 3.93. The van der Waals surface area contributed by atoms with Crippen molar-refractivity contribution in [3.63, 3.8) is 0 Å². The number of esters is 1. The predicted molar refractivity (Wildman–Crippen MR) is 112 cm³/mol. The van der Waals surface area contributed by atoms with Crippen LogP contribution in [-0.4, -0.2) is 44.4 Å². The lowest BCUT2D eigenvalue weighted by Gasteiger charge is -2.13. The smallest absolute Gasteiger partial charge is 0.387 e. The normalized spacial score (nSPS) is 10.8. The first-order valence-corrected chi connectivity index (χ1v) is 9.81. The van der Waals surface area contributed by atoms with Crippen molar-refractivity contribution in [1.82, 2.24) is 5.32 Å². The van der Waals surface area contributed by atoms with Crippen LogP contribution in [0, 0.1) is 0 Å². The molecule has 0 aromatic heterocycles. The second kappa shape index (κ2) is 12.5. The lowest BCUT2D eigenvalue weighted by atomic mass is 10.1. The van der Waals surface area contributed by atoms with Crippen LogP contribution in [0.5, 0.6) is 5.75 Å². The van der Waals surface area contributed by atoms with Gasteiger partial charge < -0.3 is 24.8 Å². The summed E-state index contributed by atoms with van der Waals surface area (Å²) in [6.07, 6.45) is 0.792. The Balaban J connectivity index is 1.86. The molecule has 1 amide bonds. The maximum Gasteiger partial charge on any atom is 0.387 e. The Morgan fingerprint density at radius 1 is 1.03 bits per heavy atom. The number of rotatable bonds is 12. The lowest BCUT2D eigenvalue weighted by Crippen LogP contribution is -2.30. The number of amides is 1. The van der Waals surface area contributed by atoms with Crippen LogP contribution in [0.25, 0.3) is 0 Å². The summed E-state index contributed by atoms with van der Waals surface area (Å²) in [5, 5.41) is 5.68. The molecule has 0 bridgehead atoms. The molecule has 9 heteroatoms. The van der Waals surface area contributed by atoms with Gasteiger partial charge in [-0.25, -0.2) is 4.79 Å². The van der Waals surface area contributed by atoms with E-state index in [1.165, 1.54) is 24.3 Å². The number of nitrogens with one attached hydrogen (secondary N) is 2. The molecule has 0 aliphatic carbocycles. The third-order valence-electron chi connectivity index (χ3n) is 3.93. The van der Waals surface area contributed by atoms with Gasteiger partial charge in [-0.15, -0.1) is 0 Å². The summed E-state index contributed by atoms with van der Waals surface area (Å²) in [4.78, 5) is 24.3. The summed E-state index contributed by atoms with van der Waals surface area (Å²) >= 11 is 0. The molecule has 168 valence electrons. The Kier molecular flexibility index (Phi) is 9.70. The average molecular weight is 436 g/mol.